The SMILES string of the molecule is Cl.Cl.NC(Cc1cncn1CCC12CC3CC(CC(C3)C1)C2)C(=O)O. The van der Waals surface area contributed by atoms with Gasteiger partial charge in [0, 0.05) is 24.9 Å². The summed E-state index contributed by atoms with van der Waals surface area (Å²) in [5.41, 5.74) is 7.17. The van der Waals surface area contributed by atoms with Gasteiger partial charge >= 0.3 is 5.97 Å². The summed E-state index contributed by atoms with van der Waals surface area (Å²) < 4.78 is 2.13. The van der Waals surface area contributed by atoms with E-state index in [9.17, 15) is 4.79 Å². The predicted octanol–water partition coefficient (Wildman–Crippen LogP) is 3.29. The lowest BCUT2D eigenvalue weighted by Crippen LogP contribution is -2.46. The van der Waals surface area contributed by atoms with Crippen LogP contribution < -0.4 is 5.73 Å². The predicted molar refractivity (Wildman–Crippen MR) is 101 cm³/mol. The third kappa shape index (κ3) is 4.15. The van der Waals surface area contributed by atoms with Crippen LogP contribution in [0.2, 0.25) is 0 Å². The molecule has 1 atom stereocenters. The Labute approximate surface area is 161 Å². The fourth-order valence-electron chi connectivity index (χ4n) is 5.99. The Morgan fingerprint density at radius 3 is 2.32 bits per heavy atom. The number of rotatable bonds is 6. The van der Waals surface area contributed by atoms with Crippen LogP contribution >= 0.6 is 24.8 Å². The van der Waals surface area contributed by atoms with Crippen molar-refractivity contribution in [2.24, 2.45) is 28.9 Å². The Morgan fingerprint density at radius 1 is 1.24 bits per heavy atom. The highest BCUT2D eigenvalue weighted by Crippen LogP contribution is 2.61. The minimum absolute atomic E-state index is 0. The van der Waals surface area contributed by atoms with Crippen LogP contribution in [-0.2, 0) is 17.8 Å². The Hall–Kier alpha value is -0.780. The average Bonchev–Trinajstić information content (AvgIpc) is 2.91. The molecule has 7 heteroatoms. The van der Waals surface area contributed by atoms with E-state index in [1.54, 1.807) is 6.20 Å². The summed E-state index contributed by atoms with van der Waals surface area (Å²) in [6.07, 6.45) is 13.8. The second kappa shape index (κ2) is 7.85. The molecular formula is C18H29Cl2N3O2. The maximum Gasteiger partial charge on any atom is 0.320 e. The molecule has 0 amide bonds. The maximum atomic E-state index is 11.0. The number of aryl methyl sites for hydroxylation is 1. The number of aromatic nitrogens is 2. The zero-order chi connectivity index (χ0) is 16.0. The summed E-state index contributed by atoms with van der Waals surface area (Å²) in [5, 5.41) is 9.00. The van der Waals surface area contributed by atoms with Crippen molar-refractivity contribution in [2.75, 3.05) is 0 Å². The van der Waals surface area contributed by atoms with Gasteiger partial charge in [0.05, 0.1) is 6.33 Å². The zero-order valence-electron chi connectivity index (χ0n) is 14.5. The smallest absolute Gasteiger partial charge is 0.320 e. The van der Waals surface area contributed by atoms with E-state index in [0.717, 1.165) is 30.0 Å². The monoisotopic (exact) mass is 389 g/mol. The second-order valence-corrected chi connectivity index (χ2v) is 8.39. The van der Waals surface area contributed by atoms with E-state index < -0.39 is 12.0 Å². The van der Waals surface area contributed by atoms with E-state index >= 15 is 0 Å². The van der Waals surface area contributed by atoms with E-state index in [4.69, 9.17) is 10.8 Å². The molecule has 1 unspecified atom stereocenters. The molecule has 4 bridgehead atoms. The van der Waals surface area contributed by atoms with E-state index in [1.165, 1.54) is 44.9 Å². The molecule has 0 radical (unpaired) electrons. The normalized spacial score (nSPS) is 33.4. The molecule has 0 saturated heterocycles. The van der Waals surface area contributed by atoms with Crippen molar-refractivity contribution in [3.63, 3.8) is 0 Å². The van der Waals surface area contributed by atoms with E-state index in [2.05, 4.69) is 9.55 Å². The van der Waals surface area contributed by atoms with Gasteiger partial charge in [0.1, 0.15) is 6.04 Å². The molecule has 3 N–H and O–H groups in total. The standard InChI is InChI=1S/C18H27N3O2.2ClH/c19-16(17(22)23)6-15-10-20-11-21(15)2-1-18-7-12-3-13(8-18)5-14(4-12)9-18;;/h10-14,16H,1-9,19H2,(H,22,23);2*1H. The molecule has 142 valence electrons. The van der Waals surface area contributed by atoms with Gasteiger partial charge in [-0.25, -0.2) is 4.98 Å². The van der Waals surface area contributed by atoms with Crippen LogP contribution in [0.1, 0.15) is 50.6 Å². The number of carboxylic acids is 1. The van der Waals surface area contributed by atoms with Gasteiger partial charge in [-0.05, 0) is 68.1 Å². The number of nitrogens with zero attached hydrogens (tertiary/aromatic N) is 2. The fourth-order valence-corrected chi connectivity index (χ4v) is 5.99. The minimum atomic E-state index is -0.946. The summed E-state index contributed by atoms with van der Waals surface area (Å²) in [7, 11) is 0. The molecule has 4 saturated carbocycles. The highest BCUT2D eigenvalue weighted by atomic mass is 35.5. The van der Waals surface area contributed by atoms with E-state index in [0.29, 0.717) is 11.8 Å². The molecule has 5 nitrogen and oxygen atoms in total. The molecule has 4 aliphatic carbocycles. The van der Waals surface area contributed by atoms with Crippen molar-refractivity contribution in [1.82, 2.24) is 9.55 Å². The van der Waals surface area contributed by atoms with E-state index in [1.807, 2.05) is 6.33 Å². The van der Waals surface area contributed by atoms with Crippen LogP contribution in [0.5, 0.6) is 0 Å². The van der Waals surface area contributed by atoms with Gasteiger partial charge < -0.3 is 15.4 Å². The fraction of sp³-hybridized carbons (Fsp3) is 0.778. The molecule has 5 rings (SSSR count). The van der Waals surface area contributed by atoms with Crippen LogP contribution in [0.4, 0.5) is 0 Å². The molecule has 1 heterocycles. The lowest BCUT2D eigenvalue weighted by atomic mass is 9.49. The van der Waals surface area contributed by atoms with Crippen molar-refractivity contribution in [2.45, 2.75) is 64.0 Å². The lowest BCUT2D eigenvalue weighted by Gasteiger charge is -2.57. The molecule has 0 aromatic carbocycles. The first-order valence-corrected chi connectivity index (χ1v) is 9.00. The topological polar surface area (TPSA) is 81.1 Å². The molecule has 1 aromatic heterocycles. The van der Waals surface area contributed by atoms with Gasteiger partial charge in [-0.15, -0.1) is 24.8 Å². The highest BCUT2D eigenvalue weighted by molar-refractivity contribution is 5.85. The number of carboxylic acid groups (broad SMARTS) is 1. The third-order valence-corrected chi connectivity index (χ3v) is 6.59. The minimum Gasteiger partial charge on any atom is -0.480 e. The summed E-state index contributed by atoms with van der Waals surface area (Å²) in [4.78, 5) is 15.2. The van der Waals surface area contributed by atoms with Gasteiger partial charge in [-0.1, -0.05) is 0 Å². The van der Waals surface area contributed by atoms with Gasteiger partial charge in [0.15, 0.2) is 0 Å². The van der Waals surface area contributed by atoms with Gasteiger partial charge in [0.25, 0.3) is 0 Å². The number of nitrogens with two attached hydrogens (primary N) is 1. The van der Waals surface area contributed by atoms with Crippen LogP contribution in [0.15, 0.2) is 12.5 Å². The molecule has 4 fully saturated rings. The molecule has 1 aromatic rings. The average molecular weight is 390 g/mol. The van der Waals surface area contributed by atoms with Crippen LogP contribution in [0.25, 0.3) is 0 Å². The van der Waals surface area contributed by atoms with Crippen LogP contribution in [0, 0.1) is 23.2 Å². The number of halogens is 2. The number of aliphatic carboxylic acids is 1. The Kier molecular flexibility index (Phi) is 6.45. The van der Waals surface area contributed by atoms with Gasteiger partial charge in [-0.2, -0.15) is 0 Å². The second-order valence-electron chi connectivity index (χ2n) is 8.39. The van der Waals surface area contributed by atoms with Crippen molar-refractivity contribution in [3.8, 4) is 0 Å². The highest BCUT2D eigenvalue weighted by Gasteiger charge is 2.50. The van der Waals surface area contributed by atoms with Crippen molar-refractivity contribution < 1.29 is 9.90 Å². The molecular weight excluding hydrogens is 361 g/mol. The maximum absolute atomic E-state index is 11.0. The summed E-state index contributed by atoms with van der Waals surface area (Å²) >= 11 is 0. The quantitative estimate of drug-likeness (QED) is 0.781. The van der Waals surface area contributed by atoms with E-state index in [-0.39, 0.29) is 24.8 Å². The number of hydrogen-bond donors (Lipinski definition) is 2. The molecule has 0 aliphatic heterocycles. The van der Waals surface area contributed by atoms with Crippen LogP contribution in [-0.4, -0.2) is 26.7 Å². The Morgan fingerprint density at radius 2 is 1.80 bits per heavy atom. The largest absolute Gasteiger partial charge is 0.480 e. The first kappa shape index (κ1) is 20.5. The summed E-state index contributed by atoms with van der Waals surface area (Å²) in [6, 6.07) is -0.843. The molecule has 4 aliphatic rings. The number of hydrogen-bond acceptors (Lipinski definition) is 3. The van der Waals surface area contributed by atoms with Crippen molar-refractivity contribution in [1.29, 1.82) is 0 Å². The Bertz CT molecular complexity index is 570. The van der Waals surface area contributed by atoms with Gasteiger partial charge in [-0.3, -0.25) is 4.79 Å². The number of carbonyl (C=O) groups is 1. The number of imidazole rings is 1. The summed E-state index contributed by atoms with van der Waals surface area (Å²) in [6.45, 7) is 0.952. The first-order valence-electron chi connectivity index (χ1n) is 9.00. The Balaban J connectivity index is 0.00000113. The van der Waals surface area contributed by atoms with Crippen molar-refractivity contribution in [3.05, 3.63) is 18.2 Å². The van der Waals surface area contributed by atoms with Gasteiger partial charge in [0.2, 0.25) is 0 Å². The first-order chi connectivity index (χ1) is 11.0. The third-order valence-electron chi connectivity index (χ3n) is 6.59. The molecule has 25 heavy (non-hydrogen) atoms. The summed E-state index contributed by atoms with van der Waals surface area (Å²) in [5.74, 6) is 1.98. The van der Waals surface area contributed by atoms with Crippen molar-refractivity contribution >= 4 is 30.8 Å². The van der Waals surface area contributed by atoms with Crippen LogP contribution in [0.3, 0.4) is 0 Å². The lowest BCUT2D eigenvalue weighted by molar-refractivity contribution is -0.138. The zero-order valence-corrected chi connectivity index (χ0v) is 16.1. The molecule has 0 spiro atoms.